The van der Waals surface area contributed by atoms with E-state index in [-0.39, 0.29) is 0 Å². The van der Waals surface area contributed by atoms with Gasteiger partial charge >= 0.3 is 0 Å². The summed E-state index contributed by atoms with van der Waals surface area (Å²) in [5, 5.41) is 3.26. The fourth-order valence-corrected chi connectivity index (χ4v) is 2.41. The average molecular weight is 263 g/mol. The maximum Gasteiger partial charge on any atom is 0.161 e. The van der Waals surface area contributed by atoms with Crippen LogP contribution in [-0.2, 0) is 6.42 Å². The molecule has 0 saturated carbocycles. The normalized spacial score (nSPS) is 15.1. The van der Waals surface area contributed by atoms with Gasteiger partial charge < -0.3 is 14.8 Å². The van der Waals surface area contributed by atoms with Gasteiger partial charge in [0.15, 0.2) is 11.5 Å². The van der Waals surface area contributed by atoms with Gasteiger partial charge in [-0.05, 0) is 49.5 Å². The van der Waals surface area contributed by atoms with E-state index in [0.29, 0.717) is 5.41 Å². The minimum Gasteiger partial charge on any atom is -0.490 e. The molecular weight excluding hydrogens is 238 g/mol. The second-order valence-corrected chi connectivity index (χ2v) is 6.03. The predicted molar refractivity (Wildman–Crippen MR) is 78.1 cm³/mol. The van der Waals surface area contributed by atoms with Crippen LogP contribution in [0.4, 0.5) is 0 Å². The molecule has 19 heavy (non-hydrogen) atoms. The number of aryl methyl sites for hydroxylation is 1. The van der Waals surface area contributed by atoms with Gasteiger partial charge in [0.05, 0.1) is 13.2 Å². The Morgan fingerprint density at radius 2 is 1.89 bits per heavy atom. The van der Waals surface area contributed by atoms with Gasteiger partial charge in [-0.15, -0.1) is 0 Å². The standard InChI is InChI=1S/C16H25NO2/c1-16(2,12-17-3)8-7-13-5-6-14-15(11-13)19-10-4-9-18-14/h5-6,11,17H,4,7-10,12H2,1-3H3. The molecule has 1 aromatic carbocycles. The Morgan fingerprint density at radius 3 is 2.63 bits per heavy atom. The Balaban J connectivity index is 2.00. The van der Waals surface area contributed by atoms with Gasteiger partial charge in [0.1, 0.15) is 0 Å². The minimum atomic E-state index is 0.318. The number of hydrogen-bond donors (Lipinski definition) is 1. The molecule has 3 nitrogen and oxygen atoms in total. The summed E-state index contributed by atoms with van der Waals surface area (Å²) >= 11 is 0. The second-order valence-electron chi connectivity index (χ2n) is 6.03. The first kappa shape index (κ1) is 14.2. The van der Waals surface area contributed by atoms with Crippen LogP contribution in [0.25, 0.3) is 0 Å². The summed E-state index contributed by atoms with van der Waals surface area (Å²) in [7, 11) is 2.01. The van der Waals surface area contributed by atoms with E-state index in [4.69, 9.17) is 9.47 Å². The third-order valence-electron chi connectivity index (χ3n) is 3.56. The van der Waals surface area contributed by atoms with Gasteiger partial charge in [-0.3, -0.25) is 0 Å². The van der Waals surface area contributed by atoms with Crippen molar-refractivity contribution in [3.8, 4) is 11.5 Å². The molecule has 0 fully saturated rings. The number of nitrogens with one attached hydrogen (secondary N) is 1. The van der Waals surface area contributed by atoms with Crippen molar-refractivity contribution < 1.29 is 9.47 Å². The monoisotopic (exact) mass is 263 g/mol. The molecule has 0 amide bonds. The van der Waals surface area contributed by atoms with E-state index >= 15 is 0 Å². The average Bonchev–Trinajstić information content (AvgIpc) is 2.61. The SMILES string of the molecule is CNCC(C)(C)CCc1ccc2c(c1)OCCCO2. The lowest BCUT2D eigenvalue weighted by atomic mass is 9.86. The van der Waals surface area contributed by atoms with Crippen LogP contribution in [-0.4, -0.2) is 26.8 Å². The molecule has 1 aliphatic rings. The summed E-state index contributed by atoms with van der Waals surface area (Å²) in [6.45, 7) is 7.14. The molecule has 1 aromatic rings. The van der Waals surface area contributed by atoms with E-state index in [1.54, 1.807) is 0 Å². The third kappa shape index (κ3) is 4.13. The number of rotatable bonds is 5. The van der Waals surface area contributed by atoms with Crippen LogP contribution in [0.2, 0.25) is 0 Å². The lowest BCUT2D eigenvalue weighted by Gasteiger charge is -2.24. The smallest absolute Gasteiger partial charge is 0.161 e. The summed E-state index contributed by atoms with van der Waals surface area (Å²) in [6.07, 6.45) is 3.19. The Bertz CT molecular complexity index is 415. The quantitative estimate of drug-likeness (QED) is 0.885. The second kappa shape index (κ2) is 6.29. The number of fused-ring (bicyclic) bond motifs is 1. The maximum atomic E-state index is 5.73. The van der Waals surface area contributed by atoms with Gasteiger partial charge in [0, 0.05) is 6.42 Å². The summed E-state index contributed by atoms with van der Waals surface area (Å²) in [4.78, 5) is 0. The zero-order valence-corrected chi connectivity index (χ0v) is 12.3. The van der Waals surface area contributed by atoms with Gasteiger partial charge in [-0.25, -0.2) is 0 Å². The maximum absolute atomic E-state index is 5.73. The van der Waals surface area contributed by atoms with Crippen LogP contribution < -0.4 is 14.8 Å². The fourth-order valence-electron chi connectivity index (χ4n) is 2.41. The number of benzene rings is 1. The van der Waals surface area contributed by atoms with Crippen LogP contribution in [0.3, 0.4) is 0 Å². The van der Waals surface area contributed by atoms with E-state index in [1.165, 1.54) is 5.56 Å². The first-order chi connectivity index (χ1) is 9.11. The minimum absolute atomic E-state index is 0.318. The van der Waals surface area contributed by atoms with Crippen molar-refractivity contribution in [2.75, 3.05) is 26.8 Å². The summed E-state index contributed by atoms with van der Waals surface area (Å²) in [5.41, 5.74) is 1.65. The van der Waals surface area contributed by atoms with Crippen molar-refractivity contribution in [1.82, 2.24) is 5.32 Å². The highest BCUT2D eigenvalue weighted by Crippen LogP contribution is 2.31. The van der Waals surface area contributed by atoms with Crippen LogP contribution in [0.1, 0.15) is 32.3 Å². The van der Waals surface area contributed by atoms with E-state index < -0.39 is 0 Å². The summed E-state index contributed by atoms with van der Waals surface area (Å²) < 4.78 is 11.4. The van der Waals surface area contributed by atoms with Gasteiger partial charge in [0.25, 0.3) is 0 Å². The zero-order valence-electron chi connectivity index (χ0n) is 12.3. The number of ether oxygens (including phenoxy) is 2. The van der Waals surface area contributed by atoms with E-state index in [2.05, 4.69) is 31.3 Å². The van der Waals surface area contributed by atoms with Crippen molar-refractivity contribution in [1.29, 1.82) is 0 Å². The molecule has 1 heterocycles. The van der Waals surface area contributed by atoms with Crippen molar-refractivity contribution >= 4 is 0 Å². The molecule has 0 bridgehead atoms. The molecule has 1 aliphatic heterocycles. The molecule has 3 heteroatoms. The van der Waals surface area contributed by atoms with E-state index in [0.717, 1.165) is 50.5 Å². The Labute approximate surface area is 116 Å². The Hall–Kier alpha value is -1.22. The van der Waals surface area contributed by atoms with E-state index in [9.17, 15) is 0 Å². The van der Waals surface area contributed by atoms with Crippen molar-refractivity contribution in [2.24, 2.45) is 5.41 Å². The van der Waals surface area contributed by atoms with Crippen LogP contribution >= 0.6 is 0 Å². The predicted octanol–water partition coefficient (Wildman–Crippen LogP) is 3.03. The van der Waals surface area contributed by atoms with E-state index in [1.807, 2.05) is 13.1 Å². The molecule has 106 valence electrons. The fraction of sp³-hybridized carbons (Fsp3) is 0.625. The van der Waals surface area contributed by atoms with Crippen LogP contribution in [0.15, 0.2) is 18.2 Å². The largest absolute Gasteiger partial charge is 0.490 e. The molecule has 0 spiro atoms. The molecular formula is C16H25NO2. The van der Waals surface area contributed by atoms with Crippen LogP contribution in [0.5, 0.6) is 11.5 Å². The lowest BCUT2D eigenvalue weighted by Crippen LogP contribution is -2.27. The van der Waals surface area contributed by atoms with Crippen molar-refractivity contribution in [2.45, 2.75) is 33.1 Å². The Kier molecular flexibility index (Phi) is 4.70. The van der Waals surface area contributed by atoms with Crippen molar-refractivity contribution in [3.05, 3.63) is 23.8 Å². The highest BCUT2D eigenvalue weighted by Gasteiger charge is 2.17. The van der Waals surface area contributed by atoms with Gasteiger partial charge in [-0.2, -0.15) is 0 Å². The van der Waals surface area contributed by atoms with Gasteiger partial charge in [-0.1, -0.05) is 19.9 Å². The number of hydrogen-bond acceptors (Lipinski definition) is 3. The topological polar surface area (TPSA) is 30.5 Å². The van der Waals surface area contributed by atoms with Crippen LogP contribution in [0, 0.1) is 5.41 Å². The highest BCUT2D eigenvalue weighted by molar-refractivity contribution is 5.43. The van der Waals surface area contributed by atoms with Gasteiger partial charge in [0.2, 0.25) is 0 Å². The third-order valence-corrected chi connectivity index (χ3v) is 3.56. The first-order valence-electron chi connectivity index (χ1n) is 7.14. The summed E-state index contributed by atoms with van der Waals surface area (Å²) in [6, 6.07) is 6.33. The van der Waals surface area contributed by atoms with Crippen molar-refractivity contribution in [3.63, 3.8) is 0 Å². The highest BCUT2D eigenvalue weighted by atomic mass is 16.5. The molecule has 0 aromatic heterocycles. The Morgan fingerprint density at radius 1 is 1.16 bits per heavy atom. The first-order valence-corrected chi connectivity index (χ1v) is 7.14. The zero-order chi connectivity index (χ0) is 13.7. The lowest BCUT2D eigenvalue weighted by molar-refractivity contribution is 0.296. The molecule has 0 unspecified atom stereocenters. The molecule has 0 radical (unpaired) electrons. The molecule has 0 atom stereocenters. The molecule has 2 rings (SSSR count). The molecule has 1 N–H and O–H groups in total. The molecule has 0 saturated heterocycles. The molecule has 0 aliphatic carbocycles. The summed E-state index contributed by atoms with van der Waals surface area (Å²) in [5.74, 6) is 1.79.